The van der Waals surface area contributed by atoms with Crippen LogP contribution in [-0.4, -0.2) is 34.2 Å². The molecule has 1 amide bonds. The smallest absolute Gasteiger partial charge is 0.254 e. The fourth-order valence-electron chi connectivity index (χ4n) is 2.52. The van der Waals surface area contributed by atoms with E-state index in [1.807, 2.05) is 19.1 Å². The van der Waals surface area contributed by atoms with Crippen LogP contribution in [-0.2, 0) is 13.0 Å². The van der Waals surface area contributed by atoms with E-state index in [1.54, 1.807) is 23.1 Å². The first-order valence-corrected chi connectivity index (χ1v) is 7.58. The van der Waals surface area contributed by atoms with Gasteiger partial charge in [0.05, 0.1) is 12.3 Å². The van der Waals surface area contributed by atoms with Crippen LogP contribution in [0.1, 0.15) is 28.5 Å². The zero-order chi connectivity index (χ0) is 15.5. The molecule has 0 unspecified atom stereocenters. The van der Waals surface area contributed by atoms with Crippen LogP contribution in [0.5, 0.6) is 5.75 Å². The van der Waals surface area contributed by atoms with Crippen LogP contribution in [0.3, 0.4) is 0 Å². The summed E-state index contributed by atoms with van der Waals surface area (Å²) in [4.78, 5) is 14.4. The number of aromatic nitrogens is 2. The van der Waals surface area contributed by atoms with Gasteiger partial charge in [-0.3, -0.25) is 4.79 Å². The number of fused-ring (bicyclic) bond motifs is 1. The van der Waals surface area contributed by atoms with E-state index in [-0.39, 0.29) is 5.91 Å². The molecule has 1 aliphatic heterocycles. The van der Waals surface area contributed by atoms with Gasteiger partial charge in [0, 0.05) is 25.1 Å². The molecule has 0 spiro atoms. The third-order valence-corrected chi connectivity index (χ3v) is 3.79. The fraction of sp³-hybridized carbons (Fsp3) is 0.312. The van der Waals surface area contributed by atoms with Crippen LogP contribution in [0.25, 0.3) is 0 Å². The van der Waals surface area contributed by atoms with Crippen molar-refractivity contribution in [1.29, 1.82) is 0 Å². The Morgan fingerprint density at radius 2 is 2.09 bits per heavy atom. The van der Waals surface area contributed by atoms with E-state index >= 15 is 0 Å². The summed E-state index contributed by atoms with van der Waals surface area (Å²) in [5, 5.41) is 8.28. The lowest BCUT2D eigenvalue weighted by Gasteiger charge is -2.28. The summed E-state index contributed by atoms with van der Waals surface area (Å²) >= 11 is 5.88. The van der Waals surface area contributed by atoms with Crippen LogP contribution in [0, 0.1) is 0 Å². The summed E-state index contributed by atoms with van der Waals surface area (Å²) in [5.41, 5.74) is 2.53. The van der Waals surface area contributed by atoms with E-state index in [0.717, 1.165) is 17.0 Å². The Morgan fingerprint density at radius 1 is 1.32 bits per heavy atom. The molecule has 1 aliphatic rings. The number of hydrogen-bond donors (Lipinski definition) is 0. The molecule has 2 heterocycles. The minimum absolute atomic E-state index is 0.00151. The molecule has 22 heavy (non-hydrogen) atoms. The number of halogens is 1. The summed E-state index contributed by atoms with van der Waals surface area (Å²) in [6.45, 7) is 3.68. The van der Waals surface area contributed by atoms with Gasteiger partial charge in [-0.15, -0.1) is 5.10 Å². The van der Waals surface area contributed by atoms with E-state index < -0.39 is 0 Å². The van der Waals surface area contributed by atoms with Gasteiger partial charge in [-0.05, 0) is 42.8 Å². The second kappa shape index (κ2) is 6.32. The van der Waals surface area contributed by atoms with E-state index in [4.69, 9.17) is 16.3 Å². The highest BCUT2D eigenvalue weighted by Gasteiger charge is 2.23. The largest absolute Gasteiger partial charge is 0.494 e. The van der Waals surface area contributed by atoms with E-state index in [2.05, 4.69) is 10.2 Å². The van der Waals surface area contributed by atoms with Crippen molar-refractivity contribution in [3.8, 4) is 5.75 Å². The first kappa shape index (κ1) is 14.8. The second-order valence-corrected chi connectivity index (χ2v) is 5.46. The molecule has 1 aromatic heterocycles. The molecule has 0 atom stereocenters. The molecular formula is C16H16ClN3O2. The molecule has 0 fully saturated rings. The SMILES string of the molecule is CCOc1ccc(C(=O)N2CCc3nnc(Cl)cc3C2)cc1. The molecule has 0 N–H and O–H groups in total. The zero-order valence-electron chi connectivity index (χ0n) is 12.3. The minimum atomic E-state index is 0.00151. The van der Waals surface area contributed by atoms with Crippen LogP contribution in [0.2, 0.25) is 5.15 Å². The molecule has 1 aromatic carbocycles. The van der Waals surface area contributed by atoms with E-state index in [9.17, 15) is 4.79 Å². The van der Waals surface area contributed by atoms with Gasteiger partial charge in [0.25, 0.3) is 5.91 Å². The summed E-state index contributed by atoms with van der Waals surface area (Å²) in [6, 6.07) is 9.00. The van der Waals surface area contributed by atoms with Gasteiger partial charge in [-0.1, -0.05) is 11.6 Å². The molecule has 2 aromatic rings. The molecule has 114 valence electrons. The van der Waals surface area contributed by atoms with Crippen molar-refractivity contribution in [2.75, 3.05) is 13.2 Å². The van der Waals surface area contributed by atoms with Crippen molar-refractivity contribution in [3.63, 3.8) is 0 Å². The molecule has 0 radical (unpaired) electrons. The highest BCUT2D eigenvalue weighted by atomic mass is 35.5. The van der Waals surface area contributed by atoms with Crippen molar-refractivity contribution >= 4 is 17.5 Å². The van der Waals surface area contributed by atoms with Crippen LogP contribution in [0.15, 0.2) is 30.3 Å². The Balaban J connectivity index is 1.75. The standard InChI is InChI=1S/C16H16ClN3O2/c1-2-22-13-5-3-11(4-6-13)16(21)20-8-7-14-12(10-20)9-15(17)19-18-14/h3-6,9H,2,7-8,10H2,1H3. The average Bonchev–Trinajstić information content (AvgIpc) is 2.54. The molecular weight excluding hydrogens is 302 g/mol. The van der Waals surface area contributed by atoms with Crippen molar-refractivity contribution in [3.05, 3.63) is 52.3 Å². The van der Waals surface area contributed by atoms with Crippen LogP contribution in [0.4, 0.5) is 0 Å². The van der Waals surface area contributed by atoms with Crippen molar-refractivity contribution in [1.82, 2.24) is 15.1 Å². The van der Waals surface area contributed by atoms with Gasteiger partial charge >= 0.3 is 0 Å². The monoisotopic (exact) mass is 317 g/mol. The Labute approximate surface area is 133 Å². The van der Waals surface area contributed by atoms with Gasteiger partial charge in [-0.25, -0.2) is 0 Å². The molecule has 5 nitrogen and oxygen atoms in total. The number of rotatable bonds is 3. The predicted molar refractivity (Wildman–Crippen MR) is 83.1 cm³/mol. The highest BCUT2D eigenvalue weighted by Crippen LogP contribution is 2.21. The van der Waals surface area contributed by atoms with Gasteiger partial charge in [0.2, 0.25) is 0 Å². The normalized spacial score (nSPS) is 13.6. The zero-order valence-corrected chi connectivity index (χ0v) is 13.0. The molecule has 0 saturated carbocycles. The topological polar surface area (TPSA) is 55.3 Å². The number of carbonyl (C=O) groups excluding carboxylic acids is 1. The van der Waals surface area contributed by atoms with Crippen molar-refractivity contribution in [2.24, 2.45) is 0 Å². The predicted octanol–water partition coefficient (Wildman–Crippen LogP) is 2.73. The lowest BCUT2D eigenvalue weighted by molar-refractivity contribution is 0.0733. The Kier molecular flexibility index (Phi) is 4.24. The highest BCUT2D eigenvalue weighted by molar-refractivity contribution is 6.29. The summed E-state index contributed by atoms with van der Waals surface area (Å²) in [6.07, 6.45) is 0.697. The van der Waals surface area contributed by atoms with Crippen LogP contribution >= 0.6 is 11.6 Å². The maximum Gasteiger partial charge on any atom is 0.254 e. The fourth-order valence-corrected chi connectivity index (χ4v) is 2.69. The third kappa shape index (κ3) is 3.04. The van der Waals surface area contributed by atoms with Gasteiger partial charge in [-0.2, -0.15) is 5.10 Å². The van der Waals surface area contributed by atoms with Crippen LogP contribution < -0.4 is 4.74 Å². The number of ether oxygens (including phenoxy) is 1. The maximum absolute atomic E-state index is 12.6. The first-order valence-electron chi connectivity index (χ1n) is 7.20. The number of benzene rings is 1. The summed E-state index contributed by atoms with van der Waals surface area (Å²) < 4.78 is 5.39. The molecule has 6 heteroatoms. The average molecular weight is 318 g/mol. The van der Waals surface area contributed by atoms with E-state index in [0.29, 0.717) is 36.8 Å². The first-order chi connectivity index (χ1) is 10.7. The quantitative estimate of drug-likeness (QED) is 0.873. The molecule has 0 bridgehead atoms. The molecule has 0 aliphatic carbocycles. The Bertz CT molecular complexity index is 688. The summed E-state index contributed by atoms with van der Waals surface area (Å²) in [7, 11) is 0. The van der Waals surface area contributed by atoms with E-state index in [1.165, 1.54) is 0 Å². The Morgan fingerprint density at radius 3 is 2.82 bits per heavy atom. The molecule has 3 rings (SSSR count). The van der Waals surface area contributed by atoms with Gasteiger partial charge < -0.3 is 9.64 Å². The third-order valence-electron chi connectivity index (χ3n) is 3.61. The minimum Gasteiger partial charge on any atom is -0.494 e. The lowest BCUT2D eigenvalue weighted by atomic mass is 10.1. The number of amides is 1. The number of nitrogens with zero attached hydrogens (tertiary/aromatic N) is 3. The number of carbonyl (C=O) groups is 1. The van der Waals surface area contributed by atoms with Gasteiger partial charge in [0.1, 0.15) is 5.75 Å². The van der Waals surface area contributed by atoms with Crippen molar-refractivity contribution < 1.29 is 9.53 Å². The molecule has 0 saturated heterocycles. The second-order valence-electron chi connectivity index (χ2n) is 5.07. The van der Waals surface area contributed by atoms with Gasteiger partial charge in [0.15, 0.2) is 5.15 Å². The summed E-state index contributed by atoms with van der Waals surface area (Å²) in [5.74, 6) is 0.770. The lowest BCUT2D eigenvalue weighted by Crippen LogP contribution is -2.36. The van der Waals surface area contributed by atoms with Crippen molar-refractivity contribution in [2.45, 2.75) is 19.9 Å². The number of hydrogen-bond acceptors (Lipinski definition) is 4. The maximum atomic E-state index is 12.6. The Hall–Kier alpha value is -2.14.